The number of sulfonamides is 1. The summed E-state index contributed by atoms with van der Waals surface area (Å²) in [5, 5.41) is 3.89. The van der Waals surface area contributed by atoms with Crippen LogP contribution in [0.15, 0.2) is 102 Å². The first-order chi connectivity index (χ1) is 21.6. The van der Waals surface area contributed by atoms with Gasteiger partial charge in [0.25, 0.3) is 10.0 Å². The highest BCUT2D eigenvalue weighted by Crippen LogP contribution is 2.28. The molecule has 0 heterocycles. The molecular formula is C36H39Cl2N3O4S. The second kappa shape index (κ2) is 14.7. The minimum atomic E-state index is -4.24. The fraction of sp³-hybridized carbons (Fsp3) is 0.278. The summed E-state index contributed by atoms with van der Waals surface area (Å²) in [5.41, 5.74) is 3.13. The molecule has 0 unspecified atom stereocenters. The van der Waals surface area contributed by atoms with Gasteiger partial charge in [-0.1, -0.05) is 71.7 Å². The number of aryl methyl sites for hydroxylation is 2. The number of nitrogens with one attached hydrogen (secondary N) is 1. The molecule has 0 fully saturated rings. The molecule has 242 valence electrons. The van der Waals surface area contributed by atoms with Gasteiger partial charge in [0.1, 0.15) is 12.6 Å². The van der Waals surface area contributed by atoms with E-state index in [4.69, 9.17) is 23.2 Å². The molecule has 0 radical (unpaired) electrons. The molecule has 4 aromatic carbocycles. The SMILES string of the molecule is Cc1ccc(N(CC(=O)N(Cc2cccc(Cl)c2)[C@@H](Cc2ccccc2)C(=O)NC(C)(C)C)S(=O)(=O)c2ccc(Cl)cc2)cc1C. The van der Waals surface area contributed by atoms with Crippen LogP contribution in [0.1, 0.15) is 43.0 Å². The predicted molar refractivity (Wildman–Crippen MR) is 186 cm³/mol. The van der Waals surface area contributed by atoms with Crippen molar-refractivity contribution in [1.82, 2.24) is 10.2 Å². The monoisotopic (exact) mass is 679 g/mol. The summed E-state index contributed by atoms with van der Waals surface area (Å²) in [6.07, 6.45) is 0.211. The molecule has 4 rings (SSSR count). The van der Waals surface area contributed by atoms with Gasteiger partial charge in [0.05, 0.1) is 10.6 Å². The second-order valence-corrected chi connectivity index (χ2v) is 15.1. The minimum Gasteiger partial charge on any atom is -0.350 e. The highest BCUT2D eigenvalue weighted by atomic mass is 35.5. The van der Waals surface area contributed by atoms with Crippen LogP contribution in [0.4, 0.5) is 5.69 Å². The molecule has 2 amide bonds. The quantitative estimate of drug-likeness (QED) is 0.179. The Morgan fingerprint density at radius 3 is 2.04 bits per heavy atom. The van der Waals surface area contributed by atoms with Gasteiger partial charge < -0.3 is 10.2 Å². The molecule has 0 bridgehead atoms. The molecule has 10 heteroatoms. The second-order valence-electron chi connectivity index (χ2n) is 12.3. The Morgan fingerprint density at radius 2 is 1.43 bits per heavy atom. The molecule has 0 saturated heterocycles. The Hall–Kier alpha value is -3.85. The van der Waals surface area contributed by atoms with Gasteiger partial charge in [-0.2, -0.15) is 0 Å². The van der Waals surface area contributed by atoms with E-state index in [1.165, 1.54) is 29.2 Å². The topological polar surface area (TPSA) is 86.8 Å². The smallest absolute Gasteiger partial charge is 0.264 e. The summed E-state index contributed by atoms with van der Waals surface area (Å²) >= 11 is 12.4. The maximum absolute atomic E-state index is 14.6. The normalized spacial score (nSPS) is 12.3. The Morgan fingerprint density at radius 1 is 0.783 bits per heavy atom. The Kier molecular flexibility index (Phi) is 11.2. The standard InChI is InChI=1S/C36H39Cl2N3O4S/c1-25-14-17-31(20-26(25)2)41(46(44,45)32-18-15-29(37)16-19-32)24-34(42)40(23-28-12-9-13-30(38)21-28)33(35(43)39-36(3,4)5)22-27-10-7-6-8-11-27/h6-21,33H,22-24H2,1-5H3,(H,39,43)/t33-/m0/s1. The number of benzene rings is 4. The zero-order valence-corrected chi connectivity index (χ0v) is 29.0. The van der Waals surface area contributed by atoms with Crippen molar-refractivity contribution < 1.29 is 18.0 Å². The lowest BCUT2D eigenvalue weighted by Gasteiger charge is -2.35. The van der Waals surface area contributed by atoms with E-state index in [1.807, 2.05) is 77.1 Å². The molecule has 0 spiro atoms. The lowest BCUT2D eigenvalue weighted by Crippen LogP contribution is -2.56. The molecule has 1 N–H and O–H groups in total. The van der Waals surface area contributed by atoms with E-state index >= 15 is 0 Å². The van der Waals surface area contributed by atoms with Crippen molar-refractivity contribution in [3.8, 4) is 0 Å². The average Bonchev–Trinajstić information content (AvgIpc) is 2.99. The number of hydrogen-bond acceptors (Lipinski definition) is 4. The highest BCUT2D eigenvalue weighted by Gasteiger charge is 2.35. The third kappa shape index (κ3) is 9.12. The summed E-state index contributed by atoms with van der Waals surface area (Å²) in [5.74, 6) is -0.911. The molecule has 46 heavy (non-hydrogen) atoms. The molecular weight excluding hydrogens is 641 g/mol. The van der Waals surface area contributed by atoms with Gasteiger partial charge in [0, 0.05) is 28.5 Å². The lowest BCUT2D eigenvalue weighted by molar-refractivity contribution is -0.140. The van der Waals surface area contributed by atoms with Crippen LogP contribution in [0.25, 0.3) is 0 Å². The van der Waals surface area contributed by atoms with Crippen molar-refractivity contribution in [3.05, 3.63) is 129 Å². The fourth-order valence-electron chi connectivity index (χ4n) is 4.98. The van der Waals surface area contributed by atoms with Crippen molar-refractivity contribution in [2.24, 2.45) is 0 Å². The van der Waals surface area contributed by atoms with Gasteiger partial charge in [-0.3, -0.25) is 13.9 Å². The molecule has 0 aliphatic rings. The number of halogens is 2. The van der Waals surface area contributed by atoms with Crippen LogP contribution in [0.5, 0.6) is 0 Å². The number of anilines is 1. The van der Waals surface area contributed by atoms with Gasteiger partial charge in [0.2, 0.25) is 11.8 Å². The van der Waals surface area contributed by atoms with E-state index in [1.54, 1.807) is 30.3 Å². The molecule has 0 aromatic heterocycles. The largest absolute Gasteiger partial charge is 0.350 e. The first-order valence-corrected chi connectivity index (χ1v) is 17.1. The van der Waals surface area contributed by atoms with Gasteiger partial charge in [-0.25, -0.2) is 8.42 Å². The van der Waals surface area contributed by atoms with Crippen molar-refractivity contribution in [1.29, 1.82) is 0 Å². The number of nitrogens with zero attached hydrogens (tertiary/aromatic N) is 2. The van der Waals surface area contributed by atoms with Gasteiger partial charge in [-0.15, -0.1) is 0 Å². The maximum Gasteiger partial charge on any atom is 0.264 e. The zero-order valence-electron chi connectivity index (χ0n) is 26.6. The van der Waals surface area contributed by atoms with Crippen molar-refractivity contribution in [2.75, 3.05) is 10.8 Å². The number of hydrogen-bond donors (Lipinski definition) is 1. The number of carbonyl (C=O) groups is 2. The van der Waals surface area contributed by atoms with E-state index < -0.39 is 34.1 Å². The third-order valence-electron chi connectivity index (χ3n) is 7.47. The average molecular weight is 681 g/mol. The van der Waals surface area contributed by atoms with Crippen LogP contribution in [0.3, 0.4) is 0 Å². The van der Waals surface area contributed by atoms with Crippen LogP contribution >= 0.6 is 23.2 Å². The van der Waals surface area contributed by atoms with Crippen LogP contribution in [0, 0.1) is 13.8 Å². The summed E-state index contributed by atoms with van der Waals surface area (Å²) in [6.45, 7) is 8.89. The van der Waals surface area contributed by atoms with Gasteiger partial charge in [-0.05, 0) is 105 Å². The van der Waals surface area contributed by atoms with E-state index in [9.17, 15) is 18.0 Å². The highest BCUT2D eigenvalue weighted by molar-refractivity contribution is 7.92. The van der Waals surface area contributed by atoms with Crippen LogP contribution < -0.4 is 9.62 Å². The van der Waals surface area contributed by atoms with Crippen molar-refractivity contribution in [2.45, 2.75) is 64.1 Å². The molecule has 0 aliphatic carbocycles. The predicted octanol–water partition coefficient (Wildman–Crippen LogP) is 7.36. The molecule has 4 aromatic rings. The zero-order chi connectivity index (χ0) is 33.6. The summed E-state index contributed by atoms with van der Waals surface area (Å²) in [6, 6.07) is 26.5. The van der Waals surface area contributed by atoms with E-state index in [0.717, 1.165) is 21.0 Å². The van der Waals surface area contributed by atoms with E-state index in [0.29, 0.717) is 21.3 Å². The fourth-order valence-corrected chi connectivity index (χ4v) is 6.73. The summed E-state index contributed by atoms with van der Waals surface area (Å²) in [7, 11) is -4.24. The maximum atomic E-state index is 14.6. The van der Waals surface area contributed by atoms with Crippen LogP contribution in [0.2, 0.25) is 10.0 Å². The van der Waals surface area contributed by atoms with Crippen LogP contribution in [-0.4, -0.2) is 43.3 Å². The molecule has 7 nitrogen and oxygen atoms in total. The third-order valence-corrected chi connectivity index (χ3v) is 9.75. The summed E-state index contributed by atoms with van der Waals surface area (Å²) in [4.78, 5) is 30.0. The Bertz CT molecular complexity index is 1790. The molecule has 0 aliphatic heterocycles. The number of carbonyl (C=O) groups excluding carboxylic acids is 2. The molecule has 1 atom stereocenters. The van der Waals surface area contributed by atoms with E-state index in [-0.39, 0.29) is 23.8 Å². The van der Waals surface area contributed by atoms with Gasteiger partial charge in [0.15, 0.2) is 0 Å². The Labute approximate surface area is 282 Å². The van der Waals surface area contributed by atoms with E-state index in [2.05, 4.69) is 5.32 Å². The van der Waals surface area contributed by atoms with Crippen molar-refractivity contribution >= 4 is 50.7 Å². The number of amides is 2. The number of rotatable bonds is 11. The molecule has 0 saturated carbocycles. The Balaban J connectivity index is 1.84. The van der Waals surface area contributed by atoms with Gasteiger partial charge >= 0.3 is 0 Å². The lowest BCUT2D eigenvalue weighted by atomic mass is 10.0. The van der Waals surface area contributed by atoms with Crippen molar-refractivity contribution in [3.63, 3.8) is 0 Å². The first kappa shape index (κ1) is 35.0. The van der Waals surface area contributed by atoms with Crippen LogP contribution in [-0.2, 0) is 32.6 Å². The summed E-state index contributed by atoms with van der Waals surface area (Å²) < 4.78 is 29.5. The minimum absolute atomic E-state index is 0.0179. The first-order valence-electron chi connectivity index (χ1n) is 14.9.